The van der Waals surface area contributed by atoms with Gasteiger partial charge in [-0.3, -0.25) is 9.59 Å². The number of methoxy groups -OCH3 is 1. The molecule has 0 saturated carbocycles. The standard InChI is InChI=1S/C26H22FNO4/c1-32-21-13-9-18(10-14-21)23-22(24(29)19-7-11-20(27)12-8-19)25(30)26(31)28(23)16-15-17-5-3-2-4-6-17/h2-14,23,29H,15-16H2,1H3. The number of ketones is 1. The van der Waals surface area contributed by atoms with Crippen molar-refractivity contribution in [2.45, 2.75) is 12.5 Å². The monoisotopic (exact) mass is 431 g/mol. The van der Waals surface area contributed by atoms with E-state index in [0.717, 1.165) is 5.56 Å². The molecule has 1 saturated heterocycles. The number of rotatable bonds is 6. The minimum Gasteiger partial charge on any atom is -0.507 e. The van der Waals surface area contributed by atoms with Gasteiger partial charge in [-0.25, -0.2) is 4.39 Å². The molecule has 3 aromatic rings. The number of nitrogens with zero attached hydrogens (tertiary/aromatic N) is 1. The smallest absolute Gasteiger partial charge is 0.295 e. The Balaban J connectivity index is 1.77. The molecule has 5 nitrogen and oxygen atoms in total. The SMILES string of the molecule is COc1ccc(C2C(=C(O)c3ccc(F)cc3)C(=O)C(=O)N2CCc2ccccc2)cc1. The van der Waals surface area contributed by atoms with Crippen molar-refractivity contribution in [1.29, 1.82) is 0 Å². The number of likely N-dealkylation sites (tertiary alicyclic amines) is 1. The number of aliphatic hydroxyl groups is 1. The fourth-order valence-corrected chi connectivity index (χ4v) is 3.90. The van der Waals surface area contributed by atoms with Gasteiger partial charge < -0.3 is 14.7 Å². The first-order valence-electron chi connectivity index (χ1n) is 10.2. The van der Waals surface area contributed by atoms with Gasteiger partial charge in [-0.15, -0.1) is 0 Å². The third-order valence-electron chi connectivity index (χ3n) is 5.57. The molecule has 0 spiro atoms. The summed E-state index contributed by atoms with van der Waals surface area (Å²) >= 11 is 0. The van der Waals surface area contributed by atoms with Gasteiger partial charge in [-0.05, 0) is 53.9 Å². The summed E-state index contributed by atoms with van der Waals surface area (Å²) in [6.45, 7) is 0.297. The largest absolute Gasteiger partial charge is 0.507 e. The molecule has 4 rings (SSSR count). The molecule has 3 aromatic carbocycles. The number of hydrogen-bond acceptors (Lipinski definition) is 4. The molecule has 0 radical (unpaired) electrons. The van der Waals surface area contributed by atoms with Crippen LogP contribution in [-0.2, 0) is 16.0 Å². The van der Waals surface area contributed by atoms with Gasteiger partial charge in [0.25, 0.3) is 11.7 Å². The van der Waals surface area contributed by atoms with Gasteiger partial charge in [0.1, 0.15) is 17.3 Å². The van der Waals surface area contributed by atoms with Crippen LogP contribution < -0.4 is 4.74 Å². The topological polar surface area (TPSA) is 66.8 Å². The van der Waals surface area contributed by atoms with E-state index in [-0.39, 0.29) is 16.9 Å². The lowest BCUT2D eigenvalue weighted by molar-refractivity contribution is -0.139. The summed E-state index contributed by atoms with van der Waals surface area (Å²) in [6, 6.07) is 21.1. The highest BCUT2D eigenvalue weighted by Crippen LogP contribution is 2.39. The maximum Gasteiger partial charge on any atom is 0.295 e. The van der Waals surface area contributed by atoms with Crippen molar-refractivity contribution in [3.8, 4) is 5.75 Å². The Morgan fingerprint density at radius 1 is 0.969 bits per heavy atom. The summed E-state index contributed by atoms with van der Waals surface area (Å²) in [4.78, 5) is 27.5. The summed E-state index contributed by atoms with van der Waals surface area (Å²) in [7, 11) is 1.55. The van der Waals surface area contributed by atoms with E-state index in [9.17, 15) is 19.1 Å². The van der Waals surface area contributed by atoms with Crippen LogP contribution in [0, 0.1) is 5.82 Å². The van der Waals surface area contributed by atoms with E-state index >= 15 is 0 Å². The Morgan fingerprint density at radius 2 is 1.62 bits per heavy atom. The molecule has 0 aliphatic carbocycles. The van der Waals surface area contributed by atoms with Crippen molar-refractivity contribution < 1.29 is 23.8 Å². The molecule has 1 amide bonds. The van der Waals surface area contributed by atoms with Crippen molar-refractivity contribution in [1.82, 2.24) is 4.90 Å². The Hall–Kier alpha value is -3.93. The molecule has 162 valence electrons. The average Bonchev–Trinajstić information content (AvgIpc) is 3.08. The first-order valence-corrected chi connectivity index (χ1v) is 10.2. The van der Waals surface area contributed by atoms with Crippen LogP contribution in [-0.4, -0.2) is 35.4 Å². The van der Waals surface area contributed by atoms with Gasteiger partial charge in [0.05, 0.1) is 18.7 Å². The second-order valence-electron chi connectivity index (χ2n) is 7.51. The fourth-order valence-electron chi connectivity index (χ4n) is 3.90. The highest BCUT2D eigenvalue weighted by molar-refractivity contribution is 6.46. The minimum atomic E-state index is -0.769. The molecule has 1 N–H and O–H groups in total. The van der Waals surface area contributed by atoms with Crippen molar-refractivity contribution in [3.63, 3.8) is 0 Å². The highest BCUT2D eigenvalue weighted by Gasteiger charge is 2.45. The van der Waals surface area contributed by atoms with Crippen LogP contribution >= 0.6 is 0 Å². The predicted molar refractivity (Wildman–Crippen MR) is 119 cm³/mol. The van der Waals surface area contributed by atoms with E-state index < -0.39 is 23.5 Å². The van der Waals surface area contributed by atoms with Crippen molar-refractivity contribution in [2.24, 2.45) is 0 Å². The van der Waals surface area contributed by atoms with Crippen LogP contribution in [0.4, 0.5) is 4.39 Å². The molecule has 6 heteroatoms. The summed E-state index contributed by atoms with van der Waals surface area (Å²) in [5.74, 6) is -1.59. The van der Waals surface area contributed by atoms with Crippen molar-refractivity contribution in [2.75, 3.05) is 13.7 Å². The van der Waals surface area contributed by atoms with Crippen LogP contribution in [0.25, 0.3) is 5.76 Å². The molecular formula is C26H22FNO4. The first-order chi connectivity index (χ1) is 15.5. The maximum atomic E-state index is 13.4. The molecule has 1 aliphatic rings. The molecule has 32 heavy (non-hydrogen) atoms. The van der Waals surface area contributed by atoms with Crippen LogP contribution in [0.2, 0.25) is 0 Å². The van der Waals surface area contributed by atoms with E-state index in [1.54, 1.807) is 31.4 Å². The normalized spacial score (nSPS) is 17.6. The van der Waals surface area contributed by atoms with Crippen LogP contribution in [0.1, 0.15) is 22.7 Å². The number of carbonyl (C=O) groups is 2. The van der Waals surface area contributed by atoms with Gasteiger partial charge >= 0.3 is 0 Å². The number of hydrogen-bond donors (Lipinski definition) is 1. The van der Waals surface area contributed by atoms with Crippen LogP contribution in [0.3, 0.4) is 0 Å². The van der Waals surface area contributed by atoms with E-state index in [2.05, 4.69) is 0 Å². The third-order valence-corrected chi connectivity index (χ3v) is 5.57. The zero-order chi connectivity index (χ0) is 22.7. The second-order valence-corrected chi connectivity index (χ2v) is 7.51. The molecule has 0 aromatic heterocycles. The molecule has 1 aliphatic heterocycles. The maximum absolute atomic E-state index is 13.4. The number of amides is 1. The molecule has 0 bridgehead atoms. The Morgan fingerprint density at radius 3 is 2.25 bits per heavy atom. The summed E-state index contributed by atoms with van der Waals surface area (Å²) in [6.07, 6.45) is 0.553. The molecule has 1 atom stereocenters. The highest BCUT2D eigenvalue weighted by atomic mass is 19.1. The van der Waals surface area contributed by atoms with Gasteiger partial charge in [-0.2, -0.15) is 0 Å². The van der Waals surface area contributed by atoms with Gasteiger partial charge in [0, 0.05) is 12.1 Å². The van der Waals surface area contributed by atoms with Gasteiger partial charge in [0.2, 0.25) is 0 Å². The Bertz CT molecular complexity index is 1150. The lowest BCUT2D eigenvalue weighted by Gasteiger charge is -2.25. The van der Waals surface area contributed by atoms with Crippen molar-refractivity contribution >= 4 is 17.4 Å². The fraction of sp³-hybridized carbons (Fsp3) is 0.154. The van der Waals surface area contributed by atoms with Gasteiger partial charge in [-0.1, -0.05) is 42.5 Å². The predicted octanol–water partition coefficient (Wildman–Crippen LogP) is 4.50. The van der Waals surface area contributed by atoms with Crippen LogP contribution in [0.15, 0.2) is 84.4 Å². The zero-order valence-corrected chi connectivity index (χ0v) is 17.5. The third kappa shape index (κ3) is 4.12. The molecular weight excluding hydrogens is 409 g/mol. The first kappa shape index (κ1) is 21.3. The average molecular weight is 431 g/mol. The summed E-state index contributed by atoms with van der Waals surface area (Å²) in [5, 5.41) is 11.0. The molecule has 1 heterocycles. The summed E-state index contributed by atoms with van der Waals surface area (Å²) in [5.41, 5.74) is 1.95. The molecule has 1 unspecified atom stereocenters. The number of aliphatic hydroxyl groups excluding tert-OH is 1. The van der Waals surface area contributed by atoms with E-state index in [1.165, 1.54) is 29.2 Å². The number of ether oxygens (including phenoxy) is 1. The lowest BCUT2D eigenvalue weighted by atomic mass is 9.95. The van der Waals surface area contributed by atoms with Gasteiger partial charge in [0.15, 0.2) is 0 Å². The van der Waals surface area contributed by atoms with E-state index in [0.29, 0.717) is 24.3 Å². The molecule has 1 fully saturated rings. The van der Waals surface area contributed by atoms with Crippen molar-refractivity contribution in [3.05, 3.63) is 107 Å². The van der Waals surface area contributed by atoms with E-state index in [4.69, 9.17) is 4.74 Å². The Kier molecular flexibility index (Phi) is 6.03. The minimum absolute atomic E-state index is 0.0140. The Labute approximate surface area is 185 Å². The number of halogens is 1. The quantitative estimate of drug-likeness (QED) is 0.355. The van der Waals surface area contributed by atoms with Crippen LogP contribution in [0.5, 0.6) is 5.75 Å². The number of Topliss-reactive ketones (excluding diaryl/α,β-unsaturated/α-hetero) is 1. The van der Waals surface area contributed by atoms with E-state index in [1.807, 2.05) is 30.3 Å². The second kappa shape index (κ2) is 9.06. The number of benzene rings is 3. The number of carbonyl (C=O) groups excluding carboxylic acids is 2. The zero-order valence-electron chi connectivity index (χ0n) is 17.5. The lowest BCUT2D eigenvalue weighted by Crippen LogP contribution is -2.31. The summed E-state index contributed by atoms with van der Waals surface area (Å²) < 4.78 is 18.6.